The summed E-state index contributed by atoms with van der Waals surface area (Å²) >= 11 is 0. The Morgan fingerprint density at radius 1 is 1.08 bits per heavy atom. The molecular formula is C10H17N3. The van der Waals surface area contributed by atoms with E-state index in [-0.39, 0.29) is 0 Å². The molecule has 2 heterocycles. The largest absolute Gasteiger partial charge is 0.314 e. The summed E-state index contributed by atoms with van der Waals surface area (Å²) in [4.78, 5) is 6.11. The maximum atomic E-state index is 3.78. The van der Waals surface area contributed by atoms with E-state index < -0.39 is 0 Å². The van der Waals surface area contributed by atoms with Crippen LogP contribution in [0.25, 0.3) is 0 Å². The van der Waals surface area contributed by atoms with Crippen molar-refractivity contribution in [2.24, 2.45) is 0 Å². The second kappa shape index (κ2) is 6.57. The van der Waals surface area contributed by atoms with E-state index in [9.17, 15) is 0 Å². The number of hydrogen-bond donors (Lipinski definition) is 1. The van der Waals surface area contributed by atoms with Crippen LogP contribution < -0.4 is 5.32 Å². The van der Waals surface area contributed by atoms with Gasteiger partial charge in [0.05, 0.1) is 0 Å². The van der Waals surface area contributed by atoms with Crippen molar-refractivity contribution in [2.45, 2.75) is 0 Å². The van der Waals surface area contributed by atoms with Crippen LogP contribution in [0.4, 0.5) is 0 Å². The first-order chi connectivity index (χ1) is 6.39. The van der Waals surface area contributed by atoms with Crippen molar-refractivity contribution in [3.8, 4) is 0 Å². The minimum atomic E-state index is 1.16. The summed E-state index contributed by atoms with van der Waals surface area (Å²) in [5.41, 5.74) is 0. The van der Waals surface area contributed by atoms with Gasteiger partial charge in [-0.05, 0) is 19.2 Å². The Labute approximate surface area is 79.8 Å². The molecule has 3 heteroatoms. The molecule has 0 atom stereocenters. The molecule has 0 spiro atoms. The molecule has 1 aromatic rings. The SMILES string of the molecule is CN1CCNCC1.c1ccncc1. The summed E-state index contributed by atoms with van der Waals surface area (Å²) in [7, 11) is 2.15. The number of hydrogen-bond acceptors (Lipinski definition) is 3. The van der Waals surface area contributed by atoms with Crippen molar-refractivity contribution >= 4 is 0 Å². The second-order valence-corrected chi connectivity index (χ2v) is 3.08. The molecule has 0 bridgehead atoms. The molecule has 0 aromatic carbocycles. The molecule has 1 aromatic heterocycles. The predicted octanol–water partition coefficient (Wildman–Crippen LogP) is 0.603. The highest BCUT2D eigenvalue weighted by Crippen LogP contribution is 1.83. The zero-order valence-electron chi connectivity index (χ0n) is 8.11. The molecule has 13 heavy (non-hydrogen) atoms. The maximum absolute atomic E-state index is 3.78. The van der Waals surface area contributed by atoms with Crippen molar-refractivity contribution in [2.75, 3.05) is 33.2 Å². The Morgan fingerprint density at radius 3 is 1.92 bits per heavy atom. The monoisotopic (exact) mass is 179 g/mol. The van der Waals surface area contributed by atoms with Gasteiger partial charge >= 0.3 is 0 Å². The Balaban J connectivity index is 0.000000132. The summed E-state index contributed by atoms with van der Waals surface area (Å²) in [6, 6.07) is 5.72. The number of piperazine rings is 1. The Hall–Kier alpha value is -0.930. The molecule has 1 aliphatic heterocycles. The normalized spacial score (nSPS) is 17.3. The van der Waals surface area contributed by atoms with E-state index >= 15 is 0 Å². The molecule has 1 aliphatic rings. The van der Waals surface area contributed by atoms with Gasteiger partial charge in [0, 0.05) is 38.6 Å². The lowest BCUT2D eigenvalue weighted by molar-refractivity contribution is 0.291. The van der Waals surface area contributed by atoms with E-state index in [4.69, 9.17) is 0 Å². The van der Waals surface area contributed by atoms with Gasteiger partial charge in [0.15, 0.2) is 0 Å². The number of pyridine rings is 1. The fourth-order valence-corrected chi connectivity index (χ4v) is 1.09. The van der Waals surface area contributed by atoms with Gasteiger partial charge in [-0.2, -0.15) is 0 Å². The van der Waals surface area contributed by atoms with E-state index in [0.29, 0.717) is 0 Å². The van der Waals surface area contributed by atoms with Gasteiger partial charge in [-0.25, -0.2) is 0 Å². The highest BCUT2D eigenvalue weighted by molar-refractivity contribution is 4.88. The summed E-state index contributed by atoms with van der Waals surface area (Å²) in [5, 5.41) is 3.27. The average Bonchev–Trinajstić information content (AvgIpc) is 2.22. The summed E-state index contributed by atoms with van der Waals surface area (Å²) < 4.78 is 0. The van der Waals surface area contributed by atoms with Crippen molar-refractivity contribution in [1.82, 2.24) is 15.2 Å². The average molecular weight is 179 g/mol. The number of likely N-dealkylation sites (N-methyl/N-ethyl adjacent to an activating group) is 1. The molecule has 0 saturated carbocycles. The molecule has 0 unspecified atom stereocenters. The lowest BCUT2D eigenvalue weighted by atomic mass is 10.4. The van der Waals surface area contributed by atoms with Gasteiger partial charge in [-0.3, -0.25) is 4.98 Å². The van der Waals surface area contributed by atoms with Crippen LogP contribution in [0.15, 0.2) is 30.6 Å². The van der Waals surface area contributed by atoms with Gasteiger partial charge < -0.3 is 10.2 Å². The van der Waals surface area contributed by atoms with Crippen LogP contribution >= 0.6 is 0 Å². The van der Waals surface area contributed by atoms with Crippen molar-refractivity contribution in [3.63, 3.8) is 0 Å². The summed E-state index contributed by atoms with van der Waals surface area (Å²) in [6.45, 7) is 4.74. The predicted molar refractivity (Wildman–Crippen MR) is 54.6 cm³/mol. The first-order valence-electron chi connectivity index (χ1n) is 4.64. The number of aromatic nitrogens is 1. The zero-order chi connectivity index (χ0) is 9.36. The third-order valence-electron chi connectivity index (χ3n) is 1.91. The summed E-state index contributed by atoms with van der Waals surface area (Å²) in [6.07, 6.45) is 3.50. The van der Waals surface area contributed by atoms with Crippen LogP contribution in [-0.2, 0) is 0 Å². The zero-order valence-corrected chi connectivity index (χ0v) is 8.11. The van der Waals surface area contributed by atoms with Crippen LogP contribution in [0.5, 0.6) is 0 Å². The van der Waals surface area contributed by atoms with Crippen LogP contribution in [0.3, 0.4) is 0 Å². The standard InChI is InChI=1S/C5H12N2.C5H5N/c1-7-4-2-6-3-5-7;1-2-4-6-5-3-1/h6H,2-5H2,1H3;1-5H. The van der Waals surface area contributed by atoms with E-state index in [0.717, 1.165) is 13.1 Å². The molecule has 0 amide bonds. The first-order valence-corrected chi connectivity index (χ1v) is 4.64. The van der Waals surface area contributed by atoms with E-state index in [1.165, 1.54) is 13.1 Å². The summed E-state index contributed by atoms with van der Waals surface area (Å²) in [5.74, 6) is 0. The van der Waals surface area contributed by atoms with Gasteiger partial charge in [-0.1, -0.05) is 6.07 Å². The van der Waals surface area contributed by atoms with E-state index in [1.54, 1.807) is 12.4 Å². The Morgan fingerprint density at radius 2 is 1.69 bits per heavy atom. The number of nitrogens with zero attached hydrogens (tertiary/aromatic N) is 2. The third kappa shape index (κ3) is 5.33. The van der Waals surface area contributed by atoms with Crippen LogP contribution in [0, 0.1) is 0 Å². The van der Waals surface area contributed by atoms with E-state index in [2.05, 4.69) is 22.2 Å². The van der Waals surface area contributed by atoms with Crippen LogP contribution in [0.1, 0.15) is 0 Å². The first kappa shape index (κ1) is 10.2. The molecule has 72 valence electrons. The Kier molecular flexibility index (Phi) is 5.13. The van der Waals surface area contributed by atoms with Crippen molar-refractivity contribution in [3.05, 3.63) is 30.6 Å². The second-order valence-electron chi connectivity index (χ2n) is 3.08. The molecule has 0 aliphatic carbocycles. The van der Waals surface area contributed by atoms with Crippen molar-refractivity contribution < 1.29 is 0 Å². The lowest BCUT2D eigenvalue weighted by Gasteiger charge is -2.21. The quantitative estimate of drug-likeness (QED) is 0.632. The highest BCUT2D eigenvalue weighted by Gasteiger charge is 2.01. The van der Waals surface area contributed by atoms with E-state index in [1.807, 2.05) is 18.2 Å². The number of nitrogens with one attached hydrogen (secondary N) is 1. The van der Waals surface area contributed by atoms with Crippen LogP contribution in [-0.4, -0.2) is 43.1 Å². The molecule has 3 nitrogen and oxygen atoms in total. The third-order valence-corrected chi connectivity index (χ3v) is 1.91. The van der Waals surface area contributed by atoms with Crippen LogP contribution in [0.2, 0.25) is 0 Å². The number of rotatable bonds is 0. The smallest absolute Gasteiger partial charge is 0.0267 e. The van der Waals surface area contributed by atoms with Gasteiger partial charge in [-0.15, -0.1) is 0 Å². The minimum Gasteiger partial charge on any atom is -0.314 e. The fraction of sp³-hybridized carbons (Fsp3) is 0.500. The van der Waals surface area contributed by atoms with Gasteiger partial charge in [0.2, 0.25) is 0 Å². The molecular weight excluding hydrogens is 162 g/mol. The minimum absolute atomic E-state index is 1.16. The highest BCUT2D eigenvalue weighted by atomic mass is 15.2. The molecule has 1 fully saturated rings. The molecule has 1 N–H and O–H groups in total. The Bertz CT molecular complexity index is 168. The molecule has 0 radical (unpaired) electrons. The fourth-order valence-electron chi connectivity index (χ4n) is 1.09. The van der Waals surface area contributed by atoms with Gasteiger partial charge in [0.25, 0.3) is 0 Å². The van der Waals surface area contributed by atoms with Gasteiger partial charge in [0.1, 0.15) is 0 Å². The van der Waals surface area contributed by atoms with Crippen molar-refractivity contribution in [1.29, 1.82) is 0 Å². The molecule has 2 rings (SSSR count). The maximum Gasteiger partial charge on any atom is 0.0267 e. The topological polar surface area (TPSA) is 28.2 Å². The lowest BCUT2D eigenvalue weighted by Crippen LogP contribution is -2.40. The molecule has 1 saturated heterocycles.